The number of thiophene rings is 1. The number of nitrogens with zero attached hydrogens (tertiary/aromatic N) is 1. The quantitative estimate of drug-likeness (QED) is 0.667. The minimum absolute atomic E-state index is 0.0106. The predicted octanol–water partition coefficient (Wildman–Crippen LogP) is 4.16. The van der Waals surface area contributed by atoms with Gasteiger partial charge in [0.2, 0.25) is 5.91 Å². The largest absolute Gasteiger partial charge is 0.361 e. The van der Waals surface area contributed by atoms with E-state index in [1.807, 2.05) is 12.1 Å². The van der Waals surface area contributed by atoms with Crippen molar-refractivity contribution in [3.05, 3.63) is 58.3 Å². The van der Waals surface area contributed by atoms with E-state index in [4.69, 9.17) is 0 Å². The average molecular weight is 358 g/mol. The zero-order valence-electron chi connectivity index (χ0n) is 13.4. The standard InChI is InChI=1S/C18H19N3OS2/c1-13(22)20-11-15-7-8-17(24-15)16-12-23-18(21-16)19-10-9-14-5-3-2-4-6-14/h2-8,12H,9-11H2,1H3,(H,19,21)(H,20,22). The molecule has 1 amide bonds. The van der Waals surface area contributed by atoms with Crippen molar-refractivity contribution in [2.24, 2.45) is 0 Å². The maximum Gasteiger partial charge on any atom is 0.217 e. The second-order valence-electron chi connectivity index (χ2n) is 5.38. The smallest absolute Gasteiger partial charge is 0.217 e. The van der Waals surface area contributed by atoms with Gasteiger partial charge >= 0.3 is 0 Å². The van der Waals surface area contributed by atoms with Gasteiger partial charge in [0.15, 0.2) is 5.13 Å². The highest BCUT2D eigenvalue weighted by Gasteiger charge is 2.08. The van der Waals surface area contributed by atoms with Crippen molar-refractivity contribution in [2.75, 3.05) is 11.9 Å². The summed E-state index contributed by atoms with van der Waals surface area (Å²) in [7, 11) is 0. The van der Waals surface area contributed by atoms with Crippen LogP contribution in [-0.2, 0) is 17.8 Å². The van der Waals surface area contributed by atoms with E-state index in [1.165, 1.54) is 12.5 Å². The zero-order valence-corrected chi connectivity index (χ0v) is 15.0. The molecule has 3 rings (SSSR count). The van der Waals surface area contributed by atoms with E-state index in [-0.39, 0.29) is 5.91 Å². The van der Waals surface area contributed by atoms with Gasteiger partial charge in [0.25, 0.3) is 0 Å². The van der Waals surface area contributed by atoms with Crippen molar-refractivity contribution < 1.29 is 4.79 Å². The molecule has 0 unspecified atom stereocenters. The normalized spacial score (nSPS) is 10.5. The van der Waals surface area contributed by atoms with Crippen LogP contribution in [0.15, 0.2) is 47.8 Å². The molecule has 0 bridgehead atoms. The van der Waals surface area contributed by atoms with Gasteiger partial charge in [0.05, 0.1) is 17.1 Å². The number of thiazole rings is 1. The maximum atomic E-state index is 11.0. The van der Waals surface area contributed by atoms with Crippen LogP contribution >= 0.6 is 22.7 Å². The summed E-state index contributed by atoms with van der Waals surface area (Å²) in [6, 6.07) is 14.5. The first-order valence-electron chi connectivity index (χ1n) is 7.77. The van der Waals surface area contributed by atoms with E-state index >= 15 is 0 Å². The van der Waals surface area contributed by atoms with E-state index in [0.717, 1.165) is 33.5 Å². The number of hydrogen-bond acceptors (Lipinski definition) is 5. The predicted molar refractivity (Wildman–Crippen MR) is 102 cm³/mol. The Balaban J connectivity index is 1.54. The fraction of sp³-hybridized carbons (Fsp3) is 0.222. The van der Waals surface area contributed by atoms with Gasteiger partial charge in [-0.15, -0.1) is 22.7 Å². The highest BCUT2D eigenvalue weighted by molar-refractivity contribution is 7.17. The van der Waals surface area contributed by atoms with Crippen LogP contribution in [0.25, 0.3) is 10.6 Å². The van der Waals surface area contributed by atoms with E-state index in [1.54, 1.807) is 22.7 Å². The molecule has 0 spiro atoms. The molecule has 24 heavy (non-hydrogen) atoms. The first kappa shape index (κ1) is 16.7. The molecule has 1 aromatic carbocycles. The van der Waals surface area contributed by atoms with Gasteiger partial charge in [-0.05, 0) is 24.1 Å². The molecule has 0 radical (unpaired) electrons. The Kier molecular flexibility index (Phi) is 5.61. The van der Waals surface area contributed by atoms with Crippen LogP contribution in [0.1, 0.15) is 17.4 Å². The minimum atomic E-state index is -0.0106. The van der Waals surface area contributed by atoms with Crippen LogP contribution in [0.2, 0.25) is 0 Å². The minimum Gasteiger partial charge on any atom is -0.361 e. The van der Waals surface area contributed by atoms with Crippen molar-refractivity contribution in [1.29, 1.82) is 0 Å². The molecule has 3 aromatic rings. The van der Waals surface area contributed by atoms with Gasteiger partial charge in [-0.25, -0.2) is 4.98 Å². The second kappa shape index (κ2) is 8.08. The van der Waals surface area contributed by atoms with Crippen LogP contribution in [0.5, 0.6) is 0 Å². The molecule has 2 heterocycles. The van der Waals surface area contributed by atoms with E-state index in [9.17, 15) is 4.79 Å². The average Bonchev–Trinajstić information content (AvgIpc) is 3.23. The first-order valence-corrected chi connectivity index (χ1v) is 9.47. The molecule has 0 saturated heterocycles. The number of anilines is 1. The van der Waals surface area contributed by atoms with E-state index in [2.05, 4.69) is 51.3 Å². The van der Waals surface area contributed by atoms with E-state index in [0.29, 0.717) is 6.54 Å². The number of amides is 1. The molecule has 0 saturated carbocycles. The molecular formula is C18H19N3OS2. The number of carbonyl (C=O) groups excluding carboxylic acids is 1. The van der Waals surface area contributed by atoms with Crippen LogP contribution in [0, 0.1) is 0 Å². The fourth-order valence-corrected chi connectivity index (χ4v) is 3.97. The summed E-state index contributed by atoms with van der Waals surface area (Å²) in [6.45, 7) is 2.98. The Bertz CT molecular complexity index is 795. The topological polar surface area (TPSA) is 54.0 Å². The lowest BCUT2D eigenvalue weighted by molar-refractivity contribution is -0.119. The molecule has 6 heteroatoms. The van der Waals surface area contributed by atoms with Gasteiger partial charge in [0.1, 0.15) is 0 Å². The number of carbonyl (C=O) groups is 1. The summed E-state index contributed by atoms with van der Waals surface area (Å²) in [5, 5.41) is 9.21. The summed E-state index contributed by atoms with van der Waals surface area (Å²) in [4.78, 5) is 17.9. The van der Waals surface area contributed by atoms with Crippen LogP contribution < -0.4 is 10.6 Å². The first-order chi connectivity index (χ1) is 11.7. The molecule has 0 aliphatic carbocycles. The summed E-state index contributed by atoms with van der Waals surface area (Å²) in [6.07, 6.45) is 0.982. The number of rotatable bonds is 7. The number of aromatic nitrogens is 1. The summed E-state index contributed by atoms with van der Waals surface area (Å²) in [5.74, 6) is -0.0106. The molecule has 2 N–H and O–H groups in total. The SMILES string of the molecule is CC(=O)NCc1ccc(-c2csc(NCCc3ccccc3)n2)s1. The van der Waals surface area contributed by atoms with Crippen LogP contribution in [0.3, 0.4) is 0 Å². The van der Waals surface area contributed by atoms with Gasteiger partial charge in [0, 0.05) is 23.7 Å². The Morgan fingerprint density at radius 2 is 2.00 bits per heavy atom. The number of nitrogens with one attached hydrogen (secondary N) is 2. The molecule has 0 aliphatic rings. The Morgan fingerprint density at radius 1 is 1.17 bits per heavy atom. The second-order valence-corrected chi connectivity index (χ2v) is 7.40. The van der Waals surface area contributed by atoms with Gasteiger partial charge in [-0.3, -0.25) is 4.79 Å². The molecule has 0 atom stereocenters. The highest BCUT2D eigenvalue weighted by Crippen LogP contribution is 2.30. The van der Waals surface area contributed by atoms with Crippen molar-refractivity contribution in [3.63, 3.8) is 0 Å². The molecule has 2 aromatic heterocycles. The van der Waals surface area contributed by atoms with E-state index < -0.39 is 0 Å². The van der Waals surface area contributed by atoms with Crippen LogP contribution in [0.4, 0.5) is 5.13 Å². The summed E-state index contributed by atoms with van der Waals surface area (Å²) >= 11 is 3.29. The zero-order chi connectivity index (χ0) is 16.8. The lowest BCUT2D eigenvalue weighted by Gasteiger charge is -2.02. The maximum absolute atomic E-state index is 11.0. The number of benzene rings is 1. The Morgan fingerprint density at radius 3 is 2.79 bits per heavy atom. The number of hydrogen-bond donors (Lipinski definition) is 2. The molecule has 0 fully saturated rings. The lowest BCUT2D eigenvalue weighted by atomic mass is 10.2. The van der Waals surface area contributed by atoms with Crippen molar-refractivity contribution >= 4 is 33.7 Å². The lowest BCUT2D eigenvalue weighted by Crippen LogP contribution is -2.17. The third kappa shape index (κ3) is 4.66. The van der Waals surface area contributed by atoms with Gasteiger partial charge < -0.3 is 10.6 Å². The molecular weight excluding hydrogens is 338 g/mol. The fourth-order valence-electron chi connectivity index (χ4n) is 2.25. The molecule has 4 nitrogen and oxygen atoms in total. The third-order valence-electron chi connectivity index (χ3n) is 3.46. The summed E-state index contributed by atoms with van der Waals surface area (Å²) in [5.41, 5.74) is 2.31. The van der Waals surface area contributed by atoms with Gasteiger partial charge in [-0.2, -0.15) is 0 Å². The Hall–Kier alpha value is -2.18. The van der Waals surface area contributed by atoms with Crippen molar-refractivity contribution in [1.82, 2.24) is 10.3 Å². The highest BCUT2D eigenvalue weighted by atomic mass is 32.1. The monoisotopic (exact) mass is 357 g/mol. The summed E-state index contributed by atoms with van der Waals surface area (Å²) < 4.78 is 0. The third-order valence-corrected chi connectivity index (χ3v) is 5.37. The Labute approximate surface area is 149 Å². The van der Waals surface area contributed by atoms with Gasteiger partial charge in [-0.1, -0.05) is 30.3 Å². The van der Waals surface area contributed by atoms with Crippen molar-refractivity contribution in [3.8, 4) is 10.6 Å². The molecule has 124 valence electrons. The molecule has 0 aliphatic heterocycles. The van der Waals surface area contributed by atoms with Crippen LogP contribution in [-0.4, -0.2) is 17.4 Å². The van der Waals surface area contributed by atoms with Crippen molar-refractivity contribution in [2.45, 2.75) is 19.9 Å².